The Labute approximate surface area is 158 Å². The van der Waals surface area contributed by atoms with E-state index >= 15 is 0 Å². The van der Waals surface area contributed by atoms with Crippen molar-refractivity contribution < 1.29 is 42.5 Å². The molecule has 0 bridgehead atoms. The average molecular weight is 439 g/mol. The highest BCUT2D eigenvalue weighted by Gasteiger charge is 2.42. The maximum absolute atomic E-state index is 11.2. The van der Waals surface area contributed by atoms with E-state index in [2.05, 4.69) is 24.9 Å². The van der Waals surface area contributed by atoms with E-state index in [-0.39, 0.29) is 6.42 Å². The molecule has 14 nitrogen and oxygen atoms in total. The fraction of sp³-hybridized carbons (Fsp3) is 0.583. The van der Waals surface area contributed by atoms with Gasteiger partial charge in [-0.1, -0.05) is 0 Å². The van der Waals surface area contributed by atoms with Crippen molar-refractivity contribution in [2.75, 3.05) is 19.0 Å². The number of phosphoric acid groups is 2. The normalized spacial score (nSPS) is 23.4. The van der Waals surface area contributed by atoms with E-state index in [4.69, 9.17) is 28.8 Å². The molecule has 0 amide bonds. The topological polar surface area (TPSA) is 198 Å². The second-order valence-electron chi connectivity index (χ2n) is 6.00. The van der Waals surface area contributed by atoms with Gasteiger partial charge in [0.2, 0.25) is 5.95 Å². The van der Waals surface area contributed by atoms with Gasteiger partial charge in [0, 0.05) is 19.0 Å². The number of rotatable bonds is 7. The van der Waals surface area contributed by atoms with Gasteiger partial charge < -0.3 is 29.6 Å². The maximum atomic E-state index is 11.2. The first-order chi connectivity index (χ1) is 13.0. The Kier molecular flexibility index (Phi) is 5.88. The van der Waals surface area contributed by atoms with Crippen LogP contribution in [0.1, 0.15) is 23.9 Å². The minimum absolute atomic E-state index is 0.0143. The number of phosphoric ester groups is 2. The largest absolute Gasteiger partial charge is 0.469 e. The number of aryl methyl sites for hydroxylation is 1. The molecule has 5 N–H and O–H groups in total. The number of hydrogen-bond donors (Lipinski definition) is 5. The molecule has 3 atom stereocenters. The molecule has 1 aliphatic heterocycles. The molecule has 0 aromatic carbocycles. The maximum Gasteiger partial charge on any atom is 0.469 e. The van der Waals surface area contributed by atoms with E-state index < -0.39 is 40.6 Å². The number of nitrogens with one attached hydrogen (secondary N) is 1. The number of anilines is 1. The lowest BCUT2D eigenvalue weighted by Crippen LogP contribution is -2.28. The van der Waals surface area contributed by atoms with E-state index in [9.17, 15) is 9.13 Å². The number of aromatic nitrogens is 4. The molecule has 1 fully saturated rings. The summed E-state index contributed by atoms with van der Waals surface area (Å²) in [5.74, 6) is 0.886. The Morgan fingerprint density at radius 1 is 1.29 bits per heavy atom. The van der Waals surface area contributed by atoms with Crippen LogP contribution in [0.2, 0.25) is 0 Å². The molecule has 3 heterocycles. The Balaban J connectivity index is 1.90. The Morgan fingerprint density at radius 2 is 2.00 bits per heavy atom. The van der Waals surface area contributed by atoms with Gasteiger partial charge in [-0.2, -0.15) is 14.6 Å². The number of hydrogen-bond acceptors (Lipinski definition) is 9. The number of nitrogens with zero attached hydrogens (tertiary/aromatic N) is 4. The highest BCUT2D eigenvalue weighted by Crippen LogP contribution is 2.46. The van der Waals surface area contributed by atoms with Gasteiger partial charge in [0.15, 0.2) is 5.65 Å². The predicted molar refractivity (Wildman–Crippen MR) is 92.2 cm³/mol. The van der Waals surface area contributed by atoms with Crippen LogP contribution in [0.25, 0.3) is 5.65 Å². The third-order valence-corrected chi connectivity index (χ3v) is 4.99. The molecule has 2 aromatic rings. The second kappa shape index (κ2) is 7.75. The van der Waals surface area contributed by atoms with Gasteiger partial charge in [0.05, 0.1) is 18.9 Å². The van der Waals surface area contributed by atoms with Crippen molar-refractivity contribution in [2.24, 2.45) is 0 Å². The molecule has 2 aromatic heterocycles. The van der Waals surface area contributed by atoms with Crippen LogP contribution in [0.5, 0.6) is 0 Å². The van der Waals surface area contributed by atoms with E-state index in [1.54, 1.807) is 14.0 Å². The Bertz CT molecular complexity index is 956. The average Bonchev–Trinajstić information content (AvgIpc) is 3.13. The Morgan fingerprint density at radius 3 is 2.61 bits per heavy atom. The molecule has 0 aliphatic carbocycles. The first-order valence-corrected chi connectivity index (χ1v) is 11.0. The summed E-state index contributed by atoms with van der Waals surface area (Å²) in [6, 6.07) is 0. The summed E-state index contributed by atoms with van der Waals surface area (Å²) in [7, 11) is -8.02. The third kappa shape index (κ3) is 4.92. The standard InChI is InChI=1S/C12H19N5O9P2/c1-6-15-11-7(4-14-17(11)12(13-2)16-6)8-3-9(26-28(21,22)23)10(25-8)5-24-27(18,19)20/h4,8-10H,3,5H2,1-2H3,(H,13,15,16)(H2,18,19,20)(H2,21,22,23)/t8-,9+,10-/m1/s1. The monoisotopic (exact) mass is 439 g/mol. The summed E-state index contributed by atoms with van der Waals surface area (Å²) in [6.07, 6.45) is -1.60. The summed E-state index contributed by atoms with van der Waals surface area (Å²) in [5, 5.41) is 7.06. The van der Waals surface area contributed by atoms with Gasteiger partial charge >= 0.3 is 15.6 Å². The summed E-state index contributed by atoms with van der Waals surface area (Å²) >= 11 is 0. The van der Waals surface area contributed by atoms with Crippen LogP contribution >= 0.6 is 15.6 Å². The summed E-state index contributed by atoms with van der Waals surface area (Å²) in [6.45, 7) is 1.06. The van der Waals surface area contributed by atoms with Crippen molar-refractivity contribution in [3.05, 3.63) is 17.6 Å². The summed E-state index contributed by atoms with van der Waals surface area (Å²) in [4.78, 5) is 44.5. The highest BCUT2D eigenvalue weighted by atomic mass is 31.2. The second-order valence-corrected chi connectivity index (χ2v) is 8.43. The van der Waals surface area contributed by atoms with Crippen molar-refractivity contribution >= 4 is 27.2 Å². The van der Waals surface area contributed by atoms with Gasteiger partial charge in [-0.15, -0.1) is 0 Å². The highest BCUT2D eigenvalue weighted by molar-refractivity contribution is 7.46. The molecular weight excluding hydrogens is 420 g/mol. The predicted octanol–water partition coefficient (Wildman–Crippen LogP) is -0.108. The van der Waals surface area contributed by atoms with Crippen LogP contribution in [-0.2, 0) is 22.9 Å². The van der Waals surface area contributed by atoms with Crippen molar-refractivity contribution in [1.29, 1.82) is 0 Å². The molecule has 0 spiro atoms. The van der Waals surface area contributed by atoms with E-state index in [1.807, 2.05) is 0 Å². The fourth-order valence-corrected chi connectivity index (χ4v) is 3.83. The zero-order chi connectivity index (χ0) is 20.7. The zero-order valence-corrected chi connectivity index (χ0v) is 16.5. The molecule has 1 aliphatic rings. The minimum atomic E-state index is -4.87. The molecule has 0 saturated carbocycles. The minimum Gasteiger partial charge on any atom is -0.365 e. The number of fused-ring (bicyclic) bond motifs is 1. The van der Waals surface area contributed by atoms with Crippen LogP contribution in [0.4, 0.5) is 5.95 Å². The van der Waals surface area contributed by atoms with Gasteiger partial charge in [-0.25, -0.2) is 14.1 Å². The van der Waals surface area contributed by atoms with Gasteiger partial charge in [0.1, 0.15) is 18.0 Å². The van der Waals surface area contributed by atoms with Crippen molar-refractivity contribution in [3.63, 3.8) is 0 Å². The molecule has 1 saturated heterocycles. The smallest absolute Gasteiger partial charge is 0.365 e. The first-order valence-electron chi connectivity index (χ1n) is 7.96. The van der Waals surface area contributed by atoms with Crippen LogP contribution in [-0.4, -0.2) is 65.0 Å². The molecule has 3 rings (SSSR count). The van der Waals surface area contributed by atoms with Crippen LogP contribution in [0.15, 0.2) is 6.20 Å². The van der Waals surface area contributed by atoms with Crippen molar-refractivity contribution in [3.8, 4) is 0 Å². The fourth-order valence-electron chi connectivity index (χ4n) is 2.91. The molecule has 0 unspecified atom stereocenters. The summed E-state index contributed by atoms with van der Waals surface area (Å²) < 4.78 is 38.5. The lowest BCUT2D eigenvalue weighted by Gasteiger charge is -2.19. The SMILES string of the molecule is CNc1nc(C)nc2c([C@H]3C[C@H](OP(=O)(O)O)[C@@H](COP(=O)(O)O)O3)cnn12. The summed E-state index contributed by atoms with van der Waals surface area (Å²) in [5.41, 5.74) is 0.910. The molecule has 28 heavy (non-hydrogen) atoms. The zero-order valence-electron chi connectivity index (χ0n) is 14.7. The lowest BCUT2D eigenvalue weighted by atomic mass is 10.1. The van der Waals surface area contributed by atoms with Gasteiger partial charge in [-0.3, -0.25) is 9.05 Å². The number of ether oxygens (including phenoxy) is 1. The van der Waals surface area contributed by atoms with Crippen molar-refractivity contribution in [1.82, 2.24) is 19.6 Å². The van der Waals surface area contributed by atoms with Gasteiger partial charge in [-0.05, 0) is 6.92 Å². The van der Waals surface area contributed by atoms with Crippen LogP contribution in [0, 0.1) is 6.92 Å². The van der Waals surface area contributed by atoms with Crippen LogP contribution < -0.4 is 5.32 Å². The van der Waals surface area contributed by atoms with E-state index in [0.717, 1.165) is 0 Å². The molecule has 16 heteroatoms. The van der Waals surface area contributed by atoms with Crippen LogP contribution in [0.3, 0.4) is 0 Å². The quantitative estimate of drug-likeness (QED) is 0.359. The first kappa shape index (κ1) is 21.2. The third-order valence-electron chi connectivity index (χ3n) is 3.96. The van der Waals surface area contributed by atoms with E-state index in [1.165, 1.54) is 10.7 Å². The van der Waals surface area contributed by atoms with Gasteiger partial charge in [0.25, 0.3) is 0 Å². The van der Waals surface area contributed by atoms with Crippen molar-refractivity contribution in [2.45, 2.75) is 31.7 Å². The Hall–Kier alpha value is -1.47. The molecular formula is C12H19N5O9P2. The van der Waals surface area contributed by atoms with E-state index in [0.29, 0.717) is 23.0 Å². The lowest BCUT2D eigenvalue weighted by molar-refractivity contribution is -0.0214. The molecule has 156 valence electrons. The molecule has 0 radical (unpaired) electrons.